The summed E-state index contributed by atoms with van der Waals surface area (Å²) in [5.41, 5.74) is 8.36. The van der Waals surface area contributed by atoms with E-state index < -0.39 is 5.91 Å². The quantitative estimate of drug-likeness (QED) is 0.367. The molecule has 5 heteroatoms. The van der Waals surface area contributed by atoms with E-state index in [1.54, 1.807) is 30.5 Å². The molecule has 0 spiro atoms. The van der Waals surface area contributed by atoms with Gasteiger partial charge in [0.25, 0.3) is 11.8 Å². The Labute approximate surface area is 167 Å². The van der Waals surface area contributed by atoms with E-state index >= 15 is 0 Å². The van der Waals surface area contributed by atoms with Gasteiger partial charge in [-0.1, -0.05) is 48.2 Å². The van der Waals surface area contributed by atoms with Crippen molar-refractivity contribution in [2.24, 2.45) is 0 Å². The third-order valence-corrected chi connectivity index (χ3v) is 4.40. The van der Waals surface area contributed by atoms with Crippen molar-refractivity contribution in [1.82, 2.24) is 15.8 Å². The van der Waals surface area contributed by atoms with E-state index in [2.05, 4.69) is 27.7 Å². The molecule has 4 aromatic rings. The van der Waals surface area contributed by atoms with Crippen LogP contribution in [0.3, 0.4) is 0 Å². The minimum absolute atomic E-state index is 0.388. The van der Waals surface area contributed by atoms with E-state index in [0.29, 0.717) is 11.1 Å². The Morgan fingerprint density at radius 1 is 0.690 bits per heavy atom. The molecule has 1 heterocycles. The van der Waals surface area contributed by atoms with Crippen molar-refractivity contribution in [1.29, 1.82) is 0 Å². The maximum absolute atomic E-state index is 12.4. The molecule has 0 aliphatic heterocycles. The van der Waals surface area contributed by atoms with Gasteiger partial charge in [-0.2, -0.15) is 0 Å². The van der Waals surface area contributed by atoms with Crippen LogP contribution >= 0.6 is 0 Å². The summed E-state index contributed by atoms with van der Waals surface area (Å²) in [5.74, 6) is 5.34. The molecule has 0 saturated heterocycles. The van der Waals surface area contributed by atoms with Crippen molar-refractivity contribution < 1.29 is 9.59 Å². The molecule has 1 aromatic heterocycles. The molecule has 4 rings (SSSR count). The van der Waals surface area contributed by atoms with Gasteiger partial charge in [0, 0.05) is 33.8 Å². The summed E-state index contributed by atoms with van der Waals surface area (Å²) in [5, 5.41) is 0.792. The molecule has 140 valence electrons. The predicted octanol–water partition coefficient (Wildman–Crippen LogP) is 3.64. The number of aromatic amines is 1. The zero-order chi connectivity index (χ0) is 20.1. The molecule has 0 radical (unpaired) electrons. The zero-order valence-electron chi connectivity index (χ0n) is 15.4. The minimum Gasteiger partial charge on any atom is -0.360 e. The molecule has 0 atom stereocenters. The lowest BCUT2D eigenvalue weighted by molar-refractivity contribution is 0.0847. The fourth-order valence-corrected chi connectivity index (χ4v) is 2.88. The number of carbonyl (C=O) groups excluding carboxylic acids is 2. The van der Waals surface area contributed by atoms with Gasteiger partial charge in [0.15, 0.2) is 0 Å². The second-order valence-corrected chi connectivity index (χ2v) is 6.35. The third-order valence-electron chi connectivity index (χ3n) is 4.40. The van der Waals surface area contributed by atoms with Crippen LogP contribution in [0.5, 0.6) is 0 Å². The molecule has 3 N–H and O–H groups in total. The van der Waals surface area contributed by atoms with Crippen molar-refractivity contribution >= 4 is 22.7 Å². The number of hydrazine groups is 1. The van der Waals surface area contributed by atoms with Crippen LogP contribution in [0, 0.1) is 11.8 Å². The number of aromatic nitrogens is 1. The van der Waals surface area contributed by atoms with Gasteiger partial charge in [-0.3, -0.25) is 20.4 Å². The summed E-state index contributed by atoms with van der Waals surface area (Å²) >= 11 is 0. The highest BCUT2D eigenvalue weighted by molar-refractivity contribution is 6.07. The Morgan fingerprint density at radius 2 is 1.31 bits per heavy atom. The molecule has 0 aliphatic rings. The lowest BCUT2D eigenvalue weighted by Gasteiger charge is -2.07. The van der Waals surface area contributed by atoms with Crippen molar-refractivity contribution in [3.8, 4) is 11.8 Å². The monoisotopic (exact) mass is 379 g/mol. The molecule has 2 amide bonds. The van der Waals surface area contributed by atoms with Gasteiger partial charge >= 0.3 is 0 Å². The fourth-order valence-electron chi connectivity index (χ4n) is 2.88. The number of hydrogen-bond donors (Lipinski definition) is 3. The van der Waals surface area contributed by atoms with Gasteiger partial charge in [-0.15, -0.1) is 0 Å². The largest absolute Gasteiger partial charge is 0.360 e. The highest BCUT2D eigenvalue weighted by Gasteiger charge is 2.13. The van der Waals surface area contributed by atoms with Crippen molar-refractivity contribution in [3.63, 3.8) is 0 Å². The number of nitrogens with one attached hydrogen (secondary N) is 3. The van der Waals surface area contributed by atoms with Gasteiger partial charge in [0.05, 0.1) is 5.56 Å². The van der Waals surface area contributed by atoms with E-state index in [1.165, 1.54) is 0 Å². The average molecular weight is 379 g/mol. The number of H-pyrrole nitrogens is 1. The fraction of sp³-hybridized carbons (Fsp3) is 0. The SMILES string of the molecule is O=C(NNC(=O)c1c[nH]c2ccccc12)c1ccc(C#Cc2ccccc2)cc1. The third kappa shape index (κ3) is 4.18. The first-order chi connectivity index (χ1) is 14.2. The lowest BCUT2D eigenvalue weighted by Crippen LogP contribution is -2.41. The topological polar surface area (TPSA) is 74.0 Å². The molecular weight excluding hydrogens is 362 g/mol. The number of para-hydroxylation sites is 1. The van der Waals surface area contributed by atoms with Crippen molar-refractivity contribution in [2.45, 2.75) is 0 Å². The zero-order valence-corrected chi connectivity index (χ0v) is 15.4. The number of fused-ring (bicyclic) bond motifs is 1. The Hall–Kier alpha value is -4.30. The number of carbonyl (C=O) groups is 2. The lowest BCUT2D eigenvalue weighted by atomic mass is 10.1. The van der Waals surface area contributed by atoms with Crippen LogP contribution in [0.4, 0.5) is 0 Å². The number of hydrogen-bond acceptors (Lipinski definition) is 2. The summed E-state index contributed by atoms with van der Waals surface area (Å²) in [6.07, 6.45) is 1.62. The normalized spacial score (nSPS) is 10.1. The van der Waals surface area contributed by atoms with E-state index in [0.717, 1.165) is 22.0 Å². The summed E-state index contributed by atoms with van der Waals surface area (Å²) in [6, 6.07) is 24.0. The van der Waals surface area contributed by atoms with Crippen LogP contribution in [0.15, 0.2) is 85.1 Å². The average Bonchev–Trinajstić information content (AvgIpc) is 3.21. The first-order valence-corrected chi connectivity index (χ1v) is 9.04. The molecule has 29 heavy (non-hydrogen) atoms. The second kappa shape index (κ2) is 8.15. The number of amides is 2. The summed E-state index contributed by atoms with van der Waals surface area (Å²) in [4.78, 5) is 27.7. The maximum atomic E-state index is 12.4. The van der Waals surface area contributed by atoms with Gasteiger partial charge in [0.1, 0.15) is 0 Å². The molecule has 0 fully saturated rings. The van der Waals surface area contributed by atoms with Crippen LogP contribution in [-0.4, -0.2) is 16.8 Å². The van der Waals surface area contributed by atoms with Gasteiger partial charge in [0.2, 0.25) is 0 Å². The highest BCUT2D eigenvalue weighted by Crippen LogP contribution is 2.17. The molecule has 3 aromatic carbocycles. The molecule has 0 bridgehead atoms. The smallest absolute Gasteiger partial charge is 0.271 e. The van der Waals surface area contributed by atoms with E-state index in [4.69, 9.17) is 0 Å². The molecular formula is C24H17N3O2. The van der Waals surface area contributed by atoms with Crippen LogP contribution < -0.4 is 10.9 Å². The number of rotatable bonds is 2. The first kappa shape index (κ1) is 18.1. The summed E-state index contributed by atoms with van der Waals surface area (Å²) < 4.78 is 0. The molecule has 0 unspecified atom stereocenters. The Bertz CT molecular complexity index is 1230. The predicted molar refractivity (Wildman–Crippen MR) is 112 cm³/mol. The summed E-state index contributed by atoms with van der Waals surface area (Å²) in [7, 11) is 0. The van der Waals surface area contributed by atoms with E-state index in [-0.39, 0.29) is 5.91 Å². The Morgan fingerprint density at radius 3 is 2.07 bits per heavy atom. The van der Waals surface area contributed by atoms with E-state index in [1.807, 2.05) is 54.6 Å². The Balaban J connectivity index is 1.39. The highest BCUT2D eigenvalue weighted by atomic mass is 16.2. The second-order valence-electron chi connectivity index (χ2n) is 6.35. The maximum Gasteiger partial charge on any atom is 0.271 e. The van der Waals surface area contributed by atoms with Crippen LogP contribution in [0.2, 0.25) is 0 Å². The molecule has 0 saturated carbocycles. The van der Waals surface area contributed by atoms with Crippen LogP contribution in [0.25, 0.3) is 10.9 Å². The first-order valence-electron chi connectivity index (χ1n) is 9.04. The Kier molecular flexibility index (Phi) is 5.08. The van der Waals surface area contributed by atoms with E-state index in [9.17, 15) is 9.59 Å². The molecule has 0 aliphatic carbocycles. The standard InChI is InChI=1S/C24H17N3O2/c28-23(26-27-24(29)21-16-25-22-9-5-4-8-20(21)22)19-14-12-18(13-15-19)11-10-17-6-2-1-3-7-17/h1-9,12-16,25H,(H,26,28)(H,27,29). The number of benzene rings is 3. The minimum atomic E-state index is -0.402. The van der Waals surface area contributed by atoms with Gasteiger partial charge in [-0.05, 0) is 42.5 Å². The van der Waals surface area contributed by atoms with Crippen LogP contribution in [-0.2, 0) is 0 Å². The summed E-state index contributed by atoms with van der Waals surface area (Å²) in [6.45, 7) is 0. The van der Waals surface area contributed by atoms with Gasteiger partial charge in [-0.25, -0.2) is 0 Å². The van der Waals surface area contributed by atoms with Crippen LogP contribution in [0.1, 0.15) is 31.8 Å². The van der Waals surface area contributed by atoms with Crippen molar-refractivity contribution in [2.75, 3.05) is 0 Å². The van der Waals surface area contributed by atoms with Gasteiger partial charge < -0.3 is 4.98 Å². The molecule has 5 nitrogen and oxygen atoms in total. The van der Waals surface area contributed by atoms with Crippen molar-refractivity contribution in [3.05, 3.63) is 107 Å².